The Balaban J connectivity index is 1.93. The zero-order valence-electron chi connectivity index (χ0n) is 9.88. The number of nitrogens with one attached hydrogen (secondary N) is 3. The van der Waals surface area contributed by atoms with Gasteiger partial charge in [0, 0.05) is 11.3 Å². The zero-order chi connectivity index (χ0) is 13.7. The molecule has 0 radical (unpaired) electrons. The molecule has 1 heterocycles. The Hall–Kier alpha value is -2.90. The van der Waals surface area contributed by atoms with Gasteiger partial charge in [0.1, 0.15) is 12.2 Å². The van der Waals surface area contributed by atoms with Crippen molar-refractivity contribution in [1.82, 2.24) is 20.5 Å². The second kappa shape index (κ2) is 5.63. The van der Waals surface area contributed by atoms with Crippen molar-refractivity contribution in [2.24, 2.45) is 5.73 Å². The molecule has 0 aliphatic heterocycles. The maximum absolute atomic E-state index is 11.8. The van der Waals surface area contributed by atoms with E-state index in [2.05, 4.69) is 25.8 Å². The van der Waals surface area contributed by atoms with Gasteiger partial charge in [0.25, 0.3) is 5.91 Å². The van der Waals surface area contributed by atoms with Gasteiger partial charge in [0.15, 0.2) is 0 Å². The molecule has 1 aromatic carbocycles. The lowest BCUT2D eigenvalue weighted by Gasteiger charge is -2.05. The lowest BCUT2D eigenvalue weighted by Crippen LogP contribution is -2.23. The number of carbonyl (C=O) groups excluding carboxylic acids is 2. The first-order valence-corrected chi connectivity index (χ1v) is 5.44. The monoisotopic (exact) mass is 260 g/mol. The molecule has 3 amide bonds. The Morgan fingerprint density at radius 1 is 1.26 bits per heavy atom. The maximum Gasteiger partial charge on any atom is 0.316 e. The third-order valence-corrected chi connectivity index (χ3v) is 2.30. The highest BCUT2D eigenvalue weighted by molar-refractivity contribution is 5.95. The molecule has 5 N–H and O–H groups in total. The van der Waals surface area contributed by atoms with Crippen molar-refractivity contribution in [2.45, 2.75) is 6.54 Å². The fourth-order valence-corrected chi connectivity index (χ4v) is 1.43. The summed E-state index contributed by atoms with van der Waals surface area (Å²) in [5.41, 5.74) is 5.97. The average Bonchev–Trinajstić information content (AvgIpc) is 2.89. The third-order valence-electron chi connectivity index (χ3n) is 2.30. The van der Waals surface area contributed by atoms with E-state index in [-0.39, 0.29) is 12.5 Å². The summed E-state index contributed by atoms with van der Waals surface area (Å²) in [5, 5.41) is 11.4. The Morgan fingerprint density at radius 2 is 2.00 bits per heavy atom. The predicted molar refractivity (Wildman–Crippen MR) is 67.2 cm³/mol. The van der Waals surface area contributed by atoms with Crippen LogP contribution in [-0.4, -0.2) is 27.1 Å². The van der Waals surface area contributed by atoms with Crippen molar-refractivity contribution in [3.05, 3.63) is 42.0 Å². The van der Waals surface area contributed by atoms with Crippen LogP contribution >= 0.6 is 0 Å². The van der Waals surface area contributed by atoms with Crippen LogP contribution in [0.2, 0.25) is 0 Å². The summed E-state index contributed by atoms with van der Waals surface area (Å²) in [7, 11) is 0. The predicted octanol–water partition coefficient (Wildman–Crippen LogP) is 0.225. The van der Waals surface area contributed by atoms with Gasteiger partial charge >= 0.3 is 6.03 Å². The van der Waals surface area contributed by atoms with Crippen molar-refractivity contribution in [1.29, 1.82) is 0 Å². The molecule has 19 heavy (non-hydrogen) atoms. The fourth-order valence-electron chi connectivity index (χ4n) is 1.43. The topological polar surface area (TPSA) is 126 Å². The van der Waals surface area contributed by atoms with Crippen LogP contribution in [0.5, 0.6) is 0 Å². The van der Waals surface area contributed by atoms with Gasteiger partial charge in [0.2, 0.25) is 0 Å². The van der Waals surface area contributed by atoms with Crippen LogP contribution in [0.4, 0.5) is 10.5 Å². The molecule has 0 unspecified atom stereocenters. The minimum absolute atomic E-state index is 0.248. The number of amides is 3. The number of benzene rings is 1. The number of urea groups is 1. The molecular weight excluding hydrogens is 248 g/mol. The molecule has 8 nitrogen and oxygen atoms in total. The Kier molecular flexibility index (Phi) is 3.72. The average molecular weight is 260 g/mol. The summed E-state index contributed by atoms with van der Waals surface area (Å²) in [6.07, 6.45) is 1.37. The van der Waals surface area contributed by atoms with E-state index in [9.17, 15) is 9.59 Å². The molecule has 2 aromatic rings. The lowest BCUT2D eigenvalue weighted by molar-refractivity contribution is 0.0950. The quantitative estimate of drug-likeness (QED) is 0.627. The van der Waals surface area contributed by atoms with E-state index in [0.717, 1.165) is 0 Å². The van der Waals surface area contributed by atoms with Gasteiger partial charge in [-0.3, -0.25) is 9.89 Å². The van der Waals surface area contributed by atoms with Crippen molar-refractivity contribution in [3.8, 4) is 0 Å². The van der Waals surface area contributed by atoms with E-state index in [1.807, 2.05) is 0 Å². The second-order valence-electron chi connectivity index (χ2n) is 3.68. The number of H-pyrrole nitrogens is 1. The minimum Gasteiger partial charge on any atom is -0.351 e. The van der Waals surface area contributed by atoms with Gasteiger partial charge in [-0.2, -0.15) is 5.10 Å². The molecule has 8 heteroatoms. The van der Waals surface area contributed by atoms with Gasteiger partial charge < -0.3 is 16.4 Å². The normalized spacial score (nSPS) is 9.89. The summed E-state index contributed by atoms with van der Waals surface area (Å²) in [6.45, 7) is 0.264. The Labute approximate surface area is 108 Å². The Bertz CT molecular complexity index is 563. The van der Waals surface area contributed by atoms with E-state index < -0.39 is 6.03 Å². The molecule has 0 spiro atoms. The number of nitrogens with zero attached hydrogens (tertiary/aromatic N) is 2. The van der Waals surface area contributed by atoms with Crippen LogP contribution in [0.1, 0.15) is 16.2 Å². The Morgan fingerprint density at radius 3 is 2.58 bits per heavy atom. The summed E-state index contributed by atoms with van der Waals surface area (Å²) in [5.74, 6) is 0.322. The van der Waals surface area contributed by atoms with E-state index in [0.29, 0.717) is 17.1 Å². The van der Waals surface area contributed by atoms with Gasteiger partial charge in [0.05, 0.1) is 6.54 Å². The molecule has 0 aliphatic rings. The van der Waals surface area contributed by atoms with Crippen molar-refractivity contribution >= 4 is 17.6 Å². The maximum atomic E-state index is 11.8. The molecule has 0 atom stereocenters. The summed E-state index contributed by atoms with van der Waals surface area (Å²) < 4.78 is 0. The number of hydrogen-bond acceptors (Lipinski definition) is 4. The summed E-state index contributed by atoms with van der Waals surface area (Å²) in [4.78, 5) is 26.3. The standard InChI is InChI=1S/C11H12N6O2/c12-11(19)16-8-3-1-7(2-4-8)10(18)13-5-9-14-6-15-17-9/h1-4,6H,5H2,(H,13,18)(H3,12,16,19)(H,14,15,17). The first-order chi connectivity index (χ1) is 9.15. The van der Waals surface area contributed by atoms with Crippen LogP contribution in [0, 0.1) is 0 Å². The molecule has 98 valence electrons. The number of carbonyl (C=O) groups is 2. The third kappa shape index (κ3) is 3.53. The highest BCUT2D eigenvalue weighted by atomic mass is 16.2. The van der Waals surface area contributed by atoms with Crippen molar-refractivity contribution in [2.75, 3.05) is 5.32 Å². The molecule has 0 saturated carbocycles. The lowest BCUT2D eigenvalue weighted by atomic mass is 10.2. The number of anilines is 1. The smallest absolute Gasteiger partial charge is 0.316 e. The summed E-state index contributed by atoms with van der Waals surface area (Å²) >= 11 is 0. The van der Waals surface area contributed by atoms with Crippen molar-refractivity contribution < 1.29 is 9.59 Å². The van der Waals surface area contributed by atoms with Crippen LogP contribution in [0.25, 0.3) is 0 Å². The van der Waals surface area contributed by atoms with Gasteiger partial charge in [-0.25, -0.2) is 9.78 Å². The number of hydrogen-bond donors (Lipinski definition) is 4. The molecule has 2 rings (SSSR count). The molecular formula is C11H12N6O2. The SMILES string of the molecule is NC(=O)Nc1ccc(C(=O)NCc2ncn[nH]2)cc1. The van der Waals surface area contributed by atoms with Gasteiger partial charge in [-0.15, -0.1) is 0 Å². The molecule has 1 aromatic heterocycles. The number of primary amides is 1. The second-order valence-corrected chi connectivity index (χ2v) is 3.68. The fraction of sp³-hybridized carbons (Fsp3) is 0.0909. The van der Waals surface area contributed by atoms with Gasteiger partial charge in [-0.1, -0.05) is 0 Å². The molecule has 0 fully saturated rings. The van der Waals surface area contributed by atoms with E-state index >= 15 is 0 Å². The van der Waals surface area contributed by atoms with E-state index in [4.69, 9.17) is 5.73 Å². The van der Waals surface area contributed by atoms with E-state index in [1.165, 1.54) is 6.33 Å². The number of aromatic nitrogens is 3. The number of nitrogens with two attached hydrogens (primary N) is 1. The largest absolute Gasteiger partial charge is 0.351 e. The van der Waals surface area contributed by atoms with Crippen LogP contribution in [-0.2, 0) is 6.54 Å². The molecule has 0 aliphatic carbocycles. The van der Waals surface area contributed by atoms with E-state index in [1.54, 1.807) is 24.3 Å². The molecule has 0 saturated heterocycles. The highest BCUT2D eigenvalue weighted by Gasteiger charge is 2.06. The minimum atomic E-state index is -0.650. The number of aromatic amines is 1. The summed E-state index contributed by atoms with van der Waals surface area (Å²) in [6, 6.07) is 5.70. The van der Waals surface area contributed by atoms with Crippen molar-refractivity contribution in [3.63, 3.8) is 0 Å². The van der Waals surface area contributed by atoms with Crippen LogP contribution < -0.4 is 16.4 Å². The first kappa shape index (κ1) is 12.6. The van der Waals surface area contributed by atoms with Gasteiger partial charge in [-0.05, 0) is 24.3 Å². The number of rotatable bonds is 4. The molecule has 0 bridgehead atoms. The first-order valence-electron chi connectivity index (χ1n) is 5.44. The van der Waals surface area contributed by atoms with Crippen LogP contribution in [0.3, 0.4) is 0 Å². The highest BCUT2D eigenvalue weighted by Crippen LogP contribution is 2.09. The van der Waals surface area contributed by atoms with Crippen LogP contribution in [0.15, 0.2) is 30.6 Å². The zero-order valence-corrected chi connectivity index (χ0v) is 9.88.